The normalized spacial score (nSPS) is 13.9. The Morgan fingerprint density at radius 3 is 1.30 bits per heavy atom. The second-order valence-corrected chi connectivity index (χ2v) is 17.9. The predicted molar refractivity (Wildman–Crippen MR) is 266 cm³/mol. The number of unbranched alkanes of at least 4 members (excludes halogenated alkanes) is 19. The zero-order valence-corrected chi connectivity index (χ0v) is 40.9. The van der Waals surface area contributed by atoms with E-state index in [0.29, 0.717) is 12.8 Å². The lowest BCUT2D eigenvalue weighted by Crippen LogP contribution is -2.27. The van der Waals surface area contributed by atoms with Crippen LogP contribution in [0.15, 0.2) is 85.1 Å². The quantitative estimate of drug-likeness (QED) is 0.0238. The highest BCUT2D eigenvalue weighted by Crippen LogP contribution is 2.42. The highest BCUT2D eigenvalue weighted by molar-refractivity contribution is 7.47. The number of rotatable bonds is 46. The van der Waals surface area contributed by atoms with Crippen LogP contribution >= 0.6 is 7.82 Å². The molecule has 10 heteroatoms. The Bertz CT molecular complexity index is 1300. The second-order valence-electron chi connectivity index (χ2n) is 16.4. The molecule has 0 bridgehead atoms. The second kappa shape index (κ2) is 48.6. The van der Waals surface area contributed by atoms with E-state index >= 15 is 0 Å². The van der Waals surface area contributed by atoms with Crippen molar-refractivity contribution in [2.75, 3.05) is 26.4 Å². The third-order valence-electron chi connectivity index (χ3n) is 10.3. The summed E-state index contributed by atoms with van der Waals surface area (Å²) >= 11 is 0. The number of hydrogen-bond acceptors (Lipinski definition) is 7. The first-order valence-electron chi connectivity index (χ1n) is 25.1. The zero-order valence-electron chi connectivity index (χ0n) is 40.0. The summed E-state index contributed by atoms with van der Waals surface area (Å²) in [4.78, 5) is 34.0. The van der Waals surface area contributed by atoms with Crippen molar-refractivity contribution in [1.29, 1.82) is 0 Å². The van der Waals surface area contributed by atoms with E-state index in [1.807, 2.05) is 0 Å². The summed E-state index contributed by atoms with van der Waals surface area (Å²) in [5, 5.41) is 12.7. The molecule has 0 aromatic rings. The first kappa shape index (κ1) is 60.2. The molecule has 0 aromatic carbocycles. The summed E-state index contributed by atoms with van der Waals surface area (Å²) in [5.41, 5.74) is 0. The molecule has 0 aliphatic heterocycles. The Kier molecular flexibility index (Phi) is 46.5. The van der Waals surface area contributed by atoms with Gasteiger partial charge in [-0.3, -0.25) is 18.6 Å². The fourth-order valence-corrected chi connectivity index (χ4v) is 7.24. The van der Waals surface area contributed by atoms with Gasteiger partial charge in [-0.2, -0.15) is 0 Å². The molecule has 1 amide bonds. The van der Waals surface area contributed by atoms with Gasteiger partial charge in [-0.25, -0.2) is 4.57 Å². The number of allylic oxidation sites excluding steroid dienone is 14. The average molecular weight is 902 g/mol. The van der Waals surface area contributed by atoms with Crippen LogP contribution in [-0.2, 0) is 27.9 Å². The Labute approximate surface area is 385 Å². The molecule has 0 aliphatic carbocycles. The van der Waals surface area contributed by atoms with Crippen LogP contribution in [-0.4, -0.2) is 54.3 Å². The molecule has 0 saturated heterocycles. The number of phosphoric acid groups is 1. The van der Waals surface area contributed by atoms with Gasteiger partial charge in [0.25, 0.3) is 0 Å². The van der Waals surface area contributed by atoms with Crippen LogP contribution in [0.1, 0.15) is 206 Å². The lowest BCUT2D eigenvalue weighted by Gasteiger charge is -2.15. The van der Waals surface area contributed by atoms with E-state index in [1.165, 1.54) is 103 Å². The molecule has 9 nitrogen and oxygen atoms in total. The molecule has 0 fully saturated rings. The lowest BCUT2D eigenvalue weighted by molar-refractivity contribution is -0.147. The number of aliphatic hydroxyl groups excluding tert-OH is 1. The van der Waals surface area contributed by atoms with Crippen LogP contribution < -0.4 is 5.32 Å². The maximum absolute atomic E-state index is 12.1. The molecule has 2 atom stereocenters. The smallest absolute Gasteiger partial charge is 0.463 e. The standard InChI is InChI=1S/C53H92NO8P/c1-3-5-7-9-11-13-15-17-19-21-23-24-25-26-28-29-31-33-35-37-39-41-43-45-52(56)54-47-48-61-63(58,59)62-50-51(55)49-60-53(57)46-44-42-40-38-36-34-32-30-27-22-20-18-16-14-12-10-8-6-4-2/h11-14,17-20,23-24,27,30,34,36,51,55H,3-10,15-16,21-22,25-26,28-29,31-33,35,37-50H2,1-2H3,(H,54,56)(H,58,59)/b13-11-,14-12-,19-17-,20-18-,24-23-,30-27-,36-34-. The van der Waals surface area contributed by atoms with E-state index in [4.69, 9.17) is 13.8 Å². The van der Waals surface area contributed by atoms with Gasteiger partial charge in [0, 0.05) is 19.4 Å². The Balaban J connectivity index is 3.64. The third kappa shape index (κ3) is 50.1. The fraction of sp³-hybridized carbons (Fsp3) is 0.698. The highest BCUT2D eigenvalue weighted by atomic mass is 31.2. The van der Waals surface area contributed by atoms with Crippen molar-refractivity contribution in [2.45, 2.75) is 213 Å². The number of aliphatic hydroxyl groups is 1. The first-order valence-corrected chi connectivity index (χ1v) is 26.6. The molecule has 0 aromatic heterocycles. The van der Waals surface area contributed by atoms with Gasteiger partial charge in [0.05, 0.1) is 13.2 Å². The minimum atomic E-state index is -4.44. The topological polar surface area (TPSA) is 131 Å². The third-order valence-corrected chi connectivity index (χ3v) is 11.3. The monoisotopic (exact) mass is 902 g/mol. The van der Waals surface area contributed by atoms with Gasteiger partial charge in [0.15, 0.2) is 0 Å². The Hall–Kier alpha value is -2.81. The summed E-state index contributed by atoms with van der Waals surface area (Å²) in [7, 11) is -4.44. The zero-order chi connectivity index (χ0) is 46.0. The van der Waals surface area contributed by atoms with Gasteiger partial charge >= 0.3 is 13.8 Å². The Morgan fingerprint density at radius 1 is 0.492 bits per heavy atom. The maximum Gasteiger partial charge on any atom is 0.472 e. The van der Waals surface area contributed by atoms with Crippen molar-refractivity contribution in [3.05, 3.63) is 85.1 Å². The number of carbonyl (C=O) groups is 2. The van der Waals surface area contributed by atoms with Gasteiger partial charge in [0.1, 0.15) is 12.7 Å². The molecule has 2 unspecified atom stereocenters. The number of nitrogens with one attached hydrogen (secondary N) is 1. The maximum atomic E-state index is 12.1. The largest absolute Gasteiger partial charge is 0.472 e. The van der Waals surface area contributed by atoms with Crippen molar-refractivity contribution < 1.29 is 37.9 Å². The summed E-state index contributed by atoms with van der Waals surface area (Å²) < 4.78 is 26.9. The van der Waals surface area contributed by atoms with Crippen molar-refractivity contribution in [3.8, 4) is 0 Å². The summed E-state index contributed by atoms with van der Waals surface area (Å²) in [6.07, 6.45) is 62.3. The average Bonchev–Trinajstić information content (AvgIpc) is 3.27. The number of carbonyl (C=O) groups excluding carboxylic acids is 2. The molecule has 362 valence electrons. The molecule has 63 heavy (non-hydrogen) atoms. The summed E-state index contributed by atoms with van der Waals surface area (Å²) in [5.74, 6) is -0.555. The van der Waals surface area contributed by atoms with Crippen LogP contribution in [0.2, 0.25) is 0 Å². The van der Waals surface area contributed by atoms with Crippen LogP contribution in [0, 0.1) is 0 Å². The van der Waals surface area contributed by atoms with Gasteiger partial charge in [0.2, 0.25) is 5.91 Å². The SMILES string of the molecule is CCCCC/C=C\C/C=C\C/C=C\C/C=C\CCCCCC(=O)OCC(O)COP(=O)(O)OCCNC(=O)CCCCCCCCCCCC/C=C\C/C=C\C/C=C\CCCCC. The minimum Gasteiger partial charge on any atom is -0.463 e. The van der Waals surface area contributed by atoms with Crippen molar-refractivity contribution in [2.24, 2.45) is 0 Å². The van der Waals surface area contributed by atoms with Gasteiger partial charge in [-0.1, -0.05) is 182 Å². The van der Waals surface area contributed by atoms with Crippen LogP contribution in [0.25, 0.3) is 0 Å². The molecule has 0 saturated carbocycles. The fourth-order valence-electron chi connectivity index (χ4n) is 6.49. The van der Waals surface area contributed by atoms with E-state index in [9.17, 15) is 24.2 Å². The first-order chi connectivity index (χ1) is 30.8. The Morgan fingerprint density at radius 2 is 0.857 bits per heavy atom. The van der Waals surface area contributed by atoms with E-state index in [2.05, 4.69) is 104 Å². The van der Waals surface area contributed by atoms with Crippen LogP contribution in [0.4, 0.5) is 0 Å². The lowest BCUT2D eigenvalue weighted by atomic mass is 10.0. The molecule has 0 radical (unpaired) electrons. The number of esters is 1. The molecule has 0 rings (SSSR count). The van der Waals surface area contributed by atoms with Crippen molar-refractivity contribution in [1.82, 2.24) is 5.32 Å². The number of phosphoric ester groups is 1. The van der Waals surface area contributed by atoms with Crippen LogP contribution in [0.5, 0.6) is 0 Å². The van der Waals surface area contributed by atoms with Crippen LogP contribution in [0.3, 0.4) is 0 Å². The summed E-state index contributed by atoms with van der Waals surface area (Å²) in [6, 6.07) is 0. The predicted octanol–water partition coefficient (Wildman–Crippen LogP) is 14.8. The summed E-state index contributed by atoms with van der Waals surface area (Å²) in [6.45, 7) is 3.46. The van der Waals surface area contributed by atoms with E-state index in [0.717, 1.165) is 70.6 Å². The van der Waals surface area contributed by atoms with E-state index < -0.39 is 26.5 Å². The molecular weight excluding hydrogens is 810 g/mol. The van der Waals surface area contributed by atoms with Crippen molar-refractivity contribution in [3.63, 3.8) is 0 Å². The molecule has 3 N–H and O–H groups in total. The van der Waals surface area contributed by atoms with Gasteiger partial charge in [-0.15, -0.1) is 0 Å². The van der Waals surface area contributed by atoms with E-state index in [1.54, 1.807) is 0 Å². The number of hydrogen-bond donors (Lipinski definition) is 3. The van der Waals surface area contributed by atoms with Gasteiger partial charge in [-0.05, 0) is 96.3 Å². The van der Waals surface area contributed by atoms with E-state index in [-0.39, 0.29) is 32.1 Å². The molecular formula is C53H92NO8P. The molecule has 0 heterocycles. The molecule has 0 aliphatic rings. The highest BCUT2D eigenvalue weighted by Gasteiger charge is 2.23. The number of ether oxygens (including phenoxy) is 1. The van der Waals surface area contributed by atoms with Crippen molar-refractivity contribution >= 4 is 19.7 Å². The molecule has 0 spiro atoms. The van der Waals surface area contributed by atoms with Gasteiger partial charge < -0.3 is 20.1 Å². The minimum absolute atomic E-state index is 0.0709. The number of amides is 1.